The molecular formula is C11H10F2N2S. The smallest absolute Gasteiger partial charge is 0.183 e. The Hall–Kier alpha value is -1.49. The van der Waals surface area contributed by atoms with Gasteiger partial charge in [0, 0.05) is 17.6 Å². The van der Waals surface area contributed by atoms with Crippen LogP contribution in [0, 0.1) is 11.6 Å². The van der Waals surface area contributed by atoms with E-state index in [0.29, 0.717) is 5.56 Å². The Kier molecular flexibility index (Phi) is 3.14. The van der Waals surface area contributed by atoms with E-state index in [0.717, 1.165) is 11.2 Å². The Labute approximate surface area is 96.0 Å². The lowest BCUT2D eigenvalue weighted by molar-refractivity contribution is 0.577. The number of aromatic nitrogens is 1. The lowest BCUT2D eigenvalue weighted by Gasteiger charge is -2.13. The van der Waals surface area contributed by atoms with Gasteiger partial charge in [0.2, 0.25) is 0 Å². The van der Waals surface area contributed by atoms with E-state index in [2.05, 4.69) is 10.3 Å². The molecule has 1 atom stereocenters. The number of benzene rings is 1. The highest BCUT2D eigenvalue weighted by Gasteiger charge is 2.09. The molecule has 1 aromatic carbocycles. The van der Waals surface area contributed by atoms with Crippen LogP contribution < -0.4 is 5.32 Å². The standard InChI is InChI=1S/C11H10F2N2S/c1-7(15-11-14-2-3-16-11)8-4-9(12)6-10(13)5-8/h2-7H,1H3,(H,14,15). The van der Waals surface area contributed by atoms with Gasteiger partial charge >= 0.3 is 0 Å². The predicted molar refractivity (Wildman–Crippen MR) is 60.5 cm³/mol. The third-order valence-corrected chi connectivity index (χ3v) is 2.86. The number of nitrogens with zero attached hydrogens (tertiary/aromatic N) is 1. The molecule has 5 heteroatoms. The summed E-state index contributed by atoms with van der Waals surface area (Å²) in [5, 5.41) is 5.63. The Morgan fingerprint density at radius 1 is 1.25 bits per heavy atom. The first kappa shape index (κ1) is 11.0. The molecule has 0 aliphatic heterocycles. The molecule has 0 aliphatic rings. The van der Waals surface area contributed by atoms with Crippen LogP contribution in [0.2, 0.25) is 0 Å². The Morgan fingerprint density at radius 2 is 1.94 bits per heavy atom. The second kappa shape index (κ2) is 4.57. The first-order valence-corrected chi connectivity index (χ1v) is 5.65. The molecule has 0 amide bonds. The normalized spacial score (nSPS) is 12.4. The second-order valence-electron chi connectivity index (χ2n) is 3.41. The molecule has 1 heterocycles. The molecule has 0 bridgehead atoms. The van der Waals surface area contributed by atoms with Crippen molar-refractivity contribution in [3.05, 3.63) is 47.0 Å². The molecule has 1 unspecified atom stereocenters. The molecule has 0 spiro atoms. The molecule has 16 heavy (non-hydrogen) atoms. The zero-order valence-corrected chi connectivity index (χ0v) is 9.39. The molecule has 2 nitrogen and oxygen atoms in total. The van der Waals surface area contributed by atoms with Gasteiger partial charge in [-0.1, -0.05) is 0 Å². The van der Waals surface area contributed by atoms with Crippen LogP contribution in [0.25, 0.3) is 0 Å². The summed E-state index contributed by atoms with van der Waals surface area (Å²) in [5.41, 5.74) is 0.563. The van der Waals surface area contributed by atoms with Crippen LogP contribution in [-0.2, 0) is 0 Å². The van der Waals surface area contributed by atoms with Gasteiger partial charge in [0.05, 0.1) is 6.04 Å². The van der Waals surface area contributed by atoms with Gasteiger partial charge in [-0.2, -0.15) is 0 Å². The molecule has 2 aromatic rings. The Balaban J connectivity index is 2.17. The van der Waals surface area contributed by atoms with Gasteiger partial charge in [-0.3, -0.25) is 0 Å². The maximum atomic E-state index is 13.0. The molecule has 2 rings (SSSR count). The molecule has 84 valence electrons. The van der Waals surface area contributed by atoms with E-state index in [-0.39, 0.29) is 6.04 Å². The fourth-order valence-electron chi connectivity index (χ4n) is 1.39. The highest BCUT2D eigenvalue weighted by atomic mass is 32.1. The van der Waals surface area contributed by atoms with E-state index < -0.39 is 11.6 Å². The lowest BCUT2D eigenvalue weighted by Crippen LogP contribution is -2.07. The first-order valence-electron chi connectivity index (χ1n) is 4.77. The van der Waals surface area contributed by atoms with Crippen molar-refractivity contribution in [3.8, 4) is 0 Å². The second-order valence-corrected chi connectivity index (χ2v) is 4.30. The average Bonchev–Trinajstić information content (AvgIpc) is 2.68. The minimum atomic E-state index is -0.567. The third-order valence-electron chi connectivity index (χ3n) is 2.16. The van der Waals surface area contributed by atoms with Crippen LogP contribution in [-0.4, -0.2) is 4.98 Å². The number of thiazole rings is 1. The Morgan fingerprint density at radius 3 is 2.50 bits per heavy atom. The van der Waals surface area contributed by atoms with E-state index >= 15 is 0 Å². The van der Waals surface area contributed by atoms with Crippen molar-refractivity contribution in [1.29, 1.82) is 0 Å². The van der Waals surface area contributed by atoms with E-state index in [1.807, 2.05) is 12.3 Å². The highest BCUT2D eigenvalue weighted by molar-refractivity contribution is 7.13. The monoisotopic (exact) mass is 240 g/mol. The van der Waals surface area contributed by atoms with Crippen molar-refractivity contribution < 1.29 is 8.78 Å². The van der Waals surface area contributed by atoms with E-state index in [4.69, 9.17) is 0 Å². The van der Waals surface area contributed by atoms with Crippen LogP contribution in [0.4, 0.5) is 13.9 Å². The molecule has 0 saturated carbocycles. The lowest BCUT2D eigenvalue weighted by atomic mass is 10.1. The van der Waals surface area contributed by atoms with Crippen LogP contribution in [0.15, 0.2) is 29.8 Å². The summed E-state index contributed by atoms with van der Waals surface area (Å²) >= 11 is 1.44. The zero-order valence-electron chi connectivity index (χ0n) is 8.58. The number of rotatable bonds is 3. The number of hydrogen-bond donors (Lipinski definition) is 1. The molecule has 0 fully saturated rings. The van der Waals surface area contributed by atoms with Gasteiger partial charge in [-0.05, 0) is 24.6 Å². The van der Waals surface area contributed by atoms with Crippen molar-refractivity contribution >= 4 is 16.5 Å². The van der Waals surface area contributed by atoms with Gasteiger partial charge in [-0.15, -0.1) is 11.3 Å². The van der Waals surface area contributed by atoms with Gasteiger partial charge in [0.25, 0.3) is 0 Å². The summed E-state index contributed by atoms with van der Waals surface area (Å²) < 4.78 is 26.0. The number of halogens is 2. The molecule has 0 aliphatic carbocycles. The molecule has 0 saturated heterocycles. The SMILES string of the molecule is CC(Nc1nccs1)c1cc(F)cc(F)c1. The minimum Gasteiger partial charge on any atom is -0.355 e. The maximum Gasteiger partial charge on any atom is 0.183 e. The summed E-state index contributed by atoms with van der Waals surface area (Å²) in [7, 11) is 0. The van der Waals surface area contributed by atoms with Crippen LogP contribution in [0.1, 0.15) is 18.5 Å². The van der Waals surface area contributed by atoms with Crippen molar-refractivity contribution in [2.45, 2.75) is 13.0 Å². The van der Waals surface area contributed by atoms with Crippen LogP contribution in [0.3, 0.4) is 0 Å². The molecule has 1 N–H and O–H groups in total. The van der Waals surface area contributed by atoms with Gasteiger partial charge < -0.3 is 5.32 Å². The summed E-state index contributed by atoms with van der Waals surface area (Å²) in [6.45, 7) is 1.83. The largest absolute Gasteiger partial charge is 0.355 e. The third kappa shape index (κ3) is 2.55. The quantitative estimate of drug-likeness (QED) is 0.886. The van der Waals surface area contributed by atoms with Crippen molar-refractivity contribution in [2.24, 2.45) is 0 Å². The number of anilines is 1. The summed E-state index contributed by atoms with van der Waals surface area (Å²) in [4.78, 5) is 4.05. The summed E-state index contributed by atoms with van der Waals surface area (Å²) in [6.07, 6.45) is 1.67. The van der Waals surface area contributed by atoms with Crippen LogP contribution >= 0.6 is 11.3 Å². The zero-order chi connectivity index (χ0) is 11.5. The van der Waals surface area contributed by atoms with E-state index in [1.54, 1.807) is 6.20 Å². The Bertz CT molecular complexity index is 451. The average molecular weight is 240 g/mol. The minimum absolute atomic E-state index is 0.184. The van der Waals surface area contributed by atoms with Gasteiger partial charge in [0.15, 0.2) is 5.13 Å². The van der Waals surface area contributed by atoms with Gasteiger partial charge in [0.1, 0.15) is 11.6 Å². The number of hydrogen-bond acceptors (Lipinski definition) is 3. The van der Waals surface area contributed by atoms with Crippen molar-refractivity contribution in [1.82, 2.24) is 4.98 Å². The molecule has 0 radical (unpaired) electrons. The number of nitrogens with one attached hydrogen (secondary N) is 1. The fourth-order valence-corrected chi connectivity index (χ4v) is 2.01. The summed E-state index contributed by atoms with van der Waals surface area (Å²) in [5.74, 6) is -1.13. The highest BCUT2D eigenvalue weighted by Crippen LogP contribution is 2.22. The summed E-state index contributed by atoms with van der Waals surface area (Å²) in [6, 6.07) is 3.30. The van der Waals surface area contributed by atoms with Crippen LogP contribution in [0.5, 0.6) is 0 Å². The molecule has 1 aromatic heterocycles. The fraction of sp³-hybridized carbons (Fsp3) is 0.182. The molecular weight excluding hydrogens is 230 g/mol. The van der Waals surface area contributed by atoms with Crippen molar-refractivity contribution in [2.75, 3.05) is 5.32 Å². The van der Waals surface area contributed by atoms with E-state index in [9.17, 15) is 8.78 Å². The first-order chi connectivity index (χ1) is 7.65. The van der Waals surface area contributed by atoms with Crippen molar-refractivity contribution in [3.63, 3.8) is 0 Å². The maximum absolute atomic E-state index is 13.0. The van der Waals surface area contributed by atoms with Gasteiger partial charge in [-0.25, -0.2) is 13.8 Å². The van der Waals surface area contributed by atoms with E-state index in [1.165, 1.54) is 23.5 Å². The topological polar surface area (TPSA) is 24.9 Å². The predicted octanol–water partition coefficient (Wildman–Crippen LogP) is 3.59.